The number of nitrogens with zero attached hydrogens (tertiary/aromatic N) is 2. The summed E-state index contributed by atoms with van der Waals surface area (Å²) < 4.78 is 7.38. The zero-order valence-electron chi connectivity index (χ0n) is 14.5. The summed E-state index contributed by atoms with van der Waals surface area (Å²) in [7, 11) is 0. The van der Waals surface area contributed by atoms with Gasteiger partial charge in [0.25, 0.3) is 0 Å². The molecule has 0 radical (unpaired) electrons. The molecule has 0 N–H and O–H groups in total. The lowest BCUT2D eigenvalue weighted by Crippen LogP contribution is -2.09. The molecule has 124 valence electrons. The van der Waals surface area contributed by atoms with Gasteiger partial charge in [0, 0.05) is 18.7 Å². The minimum atomic E-state index is -0.163. The second-order valence-corrected chi connectivity index (χ2v) is 6.37. The van der Waals surface area contributed by atoms with Crippen molar-refractivity contribution in [2.45, 2.75) is 53.7 Å². The van der Waals surface area contributed by atoms with E-state index in [1.807, 2.05) is 41.9 Å². The molecule has 0 aliphatic carbocycles. The molecule has 0 unspecified atom stereocenters. The van der Waals surface area contributed by atoms with E-state index in [-0.39, 0.29) is 5.97 Å². The number of hydrogen-bond acceptors (Lipinski definition) is 3. The van der Waals surface area contributed by atoms with Gasteiger partial charge in [0.2, 0.25) is 0 Å². The summed E-state index contributed by atoms with van der Waals surface area (Å²) in [6.45, 7) is 9.69. The lowest BCUT2D eigenvalue weighted by molar-refractivity contribution is -0.144. The molecule has 0 saturated carbocycles. The molecule has 0 aliphatic heterocycles. The van der Waals surface area contributed by atoms with Crippen LogP contribution in [0.15, 0.2) is 30.3 Å². The molecule has 4 heteroatoms. The standard InChI is InChI=1S/C19H26N2O2/c1-14(2)12-21-16(4)18(15(3)20-21)10-11-19(22)23-13-17-8-6-5-7-9-17/h5-9,14H,10-13H2,1-4H3. The molecule has 0 atom stereocenters. The van der Waals surface area contributed by atoms with Gasteiger partial charge in [-0.15, -0.1) is 0 Å². The fourth-order valence-electron chi connectivity index (χ4n) is 2.66. The van der Waals surface area contributed by atoms with Crippen LogP contribution in [0.5, 0.6) is 0 Å². The number of carbonyl (C=O) groups excluding carboxylic acids is 1. The summed E-state index contributed by atoms with van der Waals surface area (Å²) in [5.74, 6) is 0.390. The highest BCUT2D eigenvalue weighted by atomic mass is 16.5. The lowest BCUT2D eigenvalue weighted by Gasteiger charge is -2.08. The van der Waals surface area contributed by atoms with Crippen molar-refractivity contribution >= 4 is 5.97 Å². The lowest BCUT2D eigenvalue weighted by atomic mass is 10.1. The third-order valence-electron chi connectivity index (χ3n) is 3.89. The van der Waals surface area contributed by atoms with Crippen molar-refractivity contribution < 1.29 is 9.53 Å². The van der Waals surface area contributed by atoms with Crippen molar-refractivity contribution in [2.24, 2.45) is 5.92 Å². The van der Waals surface area contributed by atoms with Gasteiger partial charge in [-0.1, -0.05) is 44.2 Å². The van der Waals surface area contributed by atoms with Crippen LogP contribution in [0.3, 0.4) is 0 Å². The Labute approximate surface area is 138 Å². The largest absolute Gasteiger partial charge is 0.461 e. The Morgan fingerprint density at radius 2 is 1.91 bits per heavy atom. The van der Waals surface area contributed by atoms with Crippen molar-refractivity contribution in [3.05, 3.63) is 52.8 Å². The van der Waals surface area contributed by atoms with E-state index in [4.69, 9.17) is 4.74 Å². The van der Waals surface area contributed by atoms with Crippen molar-refractivity contribution in [3.8, 4) is 0 Å². The number of aromatic nitrogens is 2. The van der Waals surface area contributed by atoms with Crippen LogP contribution >= 0.6 is 0 Å². The maximum atomic E-state index is 11.9. The van der Waals surface area contributed by atoms with E-state index in [1.54, 1.807) is 0 Å². The van der Waals surface area contributed by atoms with Gasteiger partial charge in [-0.2, -0.15) is 5.10 Å². The molecule has 0 aliphatic rings. The number of esters is 1. The SMILES string of the molecule is Cc1nn(CC(C)C)c(C)c1CCC(=O)OCc1ccccc1. The van der Waals surface area contributed by atoms with Crippen LogP contribution in [0.2, 0.25) is 0 Å². The first kappa shape index (κ1) is 17.3. The zero-order chi connectivity index (χ0) is 16.8. The van der Waals surface area contributed by atoms with E-state index in [2.05, 4.69) is 25.9 Å². The molecule has 2 rings (SSSR count). The number of benzene rings is 1. The first-order valence-electron chi connectivity index (χ1n) is 8.19. The van der Waals surface area contributed by atoms with Crippen molar-refractivity contribution in [2.75, 3.05) is 0 Å². The van der Waals surface area contributed by atoms with Crippen LogP contribution in [0.4, 0.5) is 0 Å². The van der Waals surface area contributed by atoms with E-state index in [0.717, 1.165) is 23.5 Å². The Bertz CT molecular complexity index is 645. The van der Waals surface area contributed by atoms with Crippen LogP contribution in [-0.2, 0) is 29.1 Å². The number of aryl methyl sites for hydroxylation is 1. The van der Waals surface area contributed by atoms with E-state index >= 15 is 0 Å². The summed E-state index contributed by atoms with van der Waals surface area (Å²) >= 11 is 0. The van der Waals surface area contributed by atoms with Gasteiger partial charge in [-0.05, 0) is 37.3 Å². The highest BCUT2D eigenvalue weighted by molar-refractivity contribution is 5.69. The first-order chi connectivity index (χ1) is 11.0. The van der Waals surface area contributed by atoms with Gasteiger partial charge in [-0.25, -0.2) is 0 Å². The van der Waals surface area contributed by atoms with Gasteiger partial charge in [0.1, 0.15) is 6.61 Å². The summed E-state index contributed by atoms with van der Waals surface area (Å²) in [4.78, 5) is 11.9. The van der Waals surface area contributed by atoms with Crippen LogP contribution in [-0.4, -0.2) is 15.7 Å². The van der Waals surface area contributed by atoms with E-state index < -0.39 is 0 Å². The number of hydrogen-bond donors (Lipinski definition) is 0. The van der Waals surface area contributed by atoms with Crippen molar-refractivity contribution in [3.63, 3.8) is 0 Å². The van der Waals surface area contributed by atoms with Crippen LogP contribution < -0.4 is 0 Å². The Balaban J connectivity index is 1.88. The monoisotopic (exact) mass is 314 g/mol. The molecular formula is C19H26N2O2. The molecule has 0 amide bonds. The van der Waals surface area contributed by atoms with Gasteiger partial charge >= 0.3 is 5.97 Å². The number of rotatable bonds is 7. The second kappa shape index (κ2) is 7.95. The molecular weight excluding hydrogens is 288 g/mol. The minimum absolute atomic E-state index is 0.163. The van der Waals surface area contributed by atoms with Crippen molar-refractivity contribution in [1.29, 1.82) is 0 Å². The van der Waals surface area contributed by atoms with Crippen LogP contribution in [0.25, 0.3) is 0 Å². The third kappa shape index (κ3) is 4.95. The van der Waals surface area contributed by atoms with E-state index in [0.29, 0.717) is 25.4 Å². The molecule has 4 nitrogen and oxygen atoms in total. The predicted octanol–water partition coefficient (Wildman–Crippen LogP) is 3.83. The Kier molecular flexibility index (Phi) is 5.97. The molecule has 1 heterocycles. The molecule has 0 saturated heterocycles. The van der Waals surface area contributed by atoms with Crippen LogP contribution in [0, 0.1) is 19.8 Å². The average Bonchev–Trinajstić information content (AvgIpc) is 2.77. The highest BCUT2D eigenvalue weighted by Gasteiger charge is 2.14. The number of carbonyl (C=O) groups is 1. The zero-order valence-corrected chi connectivity index (χ0v) is 14.5. The minimum Gasteiger partial charge on any atom is -0.461 e. The van der Waals surface area contributed by atoms with Gasteiger partial charge in [0.05, 0.1) is 5.69 Å². The number of ether oxygens (including phenoxy) is 1. The average molecular weight is 314 g/mol. The van der Waals surface area contributed by atoms with E-state index in [1.165, 1.54) is 5.56 Å². The summed E-state index contributed by atoms with van der Waals surface area (Å²) in [5.41, 5.74) is 4.35. The maximum absolute atomic E-state index is 11.9. The summed E-state index contributed by atoms with van der Waals surface area (Å²) in [6.07, 6.45) is 1.07. The maximum Gasteiger partial charge on any atom is 0.306 e. The summed E-state index contributed by atoms with van der Waals surface area (Å²) in [6, 6.07) is 9.75. The molecule has 1 aromatic heterocycles. The second-order valence-electron chi connectivity index (χ2n) is 6.37. The highest BCUT2D eigenvalue weighted by Crippen LogP contribution is 2.17. The quantitative estimate of drug-likeness (QED) is 0.730. The van der Waals surface area contributed by atoms with E-state index in [9.17, 15) is 4.79 Å². The van der Waals surface area contributed by atoms with Gasteiger partial charge in [0.15, 0.2) is 0 Å². The van der Waals surface area contributed by atoms with Gasteiger partial charge in [-0.3, -0.25) is 9.48 Å². The van der Waals surface area contributed by atoms with Crippen molar-refractivity contribution in [1.82, 2.24) is 9.78 Å². The predicted molar refractivity (Wildman–Crippen MR) is 91.1 cm³/mol. The normalized spacial score (nSPS) is 11.0. The molecule has 1 aromatic carbocycles. The smallest absolute Gasteiger partial charge is 0.306 e. The third-order valence-corrected chi connectivity index (χ3v) is 3.89. The van der Waals surface area contributed by atoms with Gasteiger partial charge < -0.3 is 4.74 Å². The first-order valence-corrected chi connectivity index (χ1v) is 8.19. The fraction of sp³-hybridized carbons (Fsp3) is 0.474. The fourth-order valence-corrected chi connectivity index (χ4v) is 2.66. The molecule has 0 fully saturated rings. The Morgan fingerprint density at radius 3 is 2.57 bits per heavy atom. The Hall–Kier alpha value is -2.10. The Morgan fingerprint density at radius 1 is 1.22 bits per heavy atom. The summed E-state index contributed by atoms with van der Waals surface area (Å²) in [5, 5.41) is 4.59. The molecule has 23 heavy (non-hydrogen) atoms. The molecule has 0 spiro atoms. The molecule has 0 bridgehead atoms. The topological polar surface area (TPSA) is 44.1 Å². The molecule has 2 aromatic rings. The van der Waals surface area contributed by atoms with Crippen LogP contribution in [0.1, 0.15) is 42.8 Å².